The minimum absolute atomic E-state index is 0.0221. The zero-order chi connectivity index (χ0) is 25.3. The second-order valence-corrected chi connectivity index (χ2v) is 10.5. The Morgan fingerprint density at radius 3 is 2.67 bits per heavy atom. The summed E-state index contributed by atoms with van der Waals surface area (Å²) in [5.41, 5.74) is 1.61. The zero-order valence-electron chi connectivity index (χ0n) is 19.7. The molecule has 2 amide bonds. The number of anilines is 1. The highest BCUT2D eigenvalue weighted by Gasteiger charge is 2.54. The summed E-state index contributed by atoms with van der Waals surface area (Å²) in [6.07, 6.45) is -0.415. The summed E-state index contributed by atoms with van der Waals surface area (Å²) in [5, 5.41) is 5.31. The van der Waals surface area contributed by atoms with Gasteiger partial charge in [-0.2, -0.15) is 0 Å². The molecular weight excluding hydrogens is 491 g/mol. The molecule has 0 saturated carbocycles. The van der Waals surface area contributed by atoms with E-state index >= 15 is 0 Å². The van der Waals surface area contributed by atoms with Crippen molar-refractivity contribution in [3.63, 3.8) is 0 Å². The zero-order valence-corrected chi connectivity index (χ0v) is 20.6. The predicted molar refractivity (Wildman–Crippen MR) is 127 cm³/mol. The van der Waals surface area contributed by atoms with Crippen LogP contribution in [-0.4, -0.2) is 68.1 Å². The first-order valence-corrected chi connectivity index (χ1v) is 13.4. The van der Waals surface area contributed by atoms with Crippen LogP contribution >= 0.6 is 7.60 Å². The van der Waals surface area contributed by atoms with E-state index in [0.717, 1.165) is 5.56 Å². The second-order valence-electron chi connectivity index (χ2n) is 8.29. The van der Waals surface area contributed by atoms with Gasteiger partial charge in [-0.15, -0.1) is 0 Å². The third-order valence-electron chi connectivity index (χ3n) is 5.96. The molecule has 4 heterocycles. The third kappa shape index (κ3) is 4.85. The van der Waals surface area contributed by atoms with Crippen LogP contribution in [0.4, 0.5) is 10.6 Å². The lowest BCUT2D eigenvalue weighted by Crippen LogP contribution is -2.31. The van der Waals surface area contributed by atoms with Crippen LogP contribution in [0.15, 0.2) is 43.0 Å². The van der Waals surface area contributed by atoms with Gasteiger partial charge in [-0.3, -0.25) is 14.4 Å². The Hall–Kier alpha value is -2.93. The van der Waals surface area contributed by atoms with E-state index in [4.69, 9.17) is 18.7 Å². The van der Waals surface area contributed by atoms with Crippen molar-refractivity contribution >= 4 is 30.6 Å². The number of imidazole rings is 1. The van der Waals surface area contributed by atoms with Crippen LogP contribution in [0.25, 0.3) is 11.2 Å². The Kier molecular flexibility index (Phi) is 7.02. The number of benzene rings is 1. The summed E-state index contributed by atoms with van der Waals surface area (Å²) in [6, 6.07) is 9.05. The fraction of sp³-hybridized carbons (Fsp3) is 0.455. The van der Waals surface area contributed by atoms with Crippen LogP contribution < -0.4 is 10.6 Å². The Morgan fingerprint density at radius 1 is 1.14 bits per heavy atom. The first-order chi connectivity index (χ1) is 17.4. The highest BCUT2D eigenvalue weighted by Crippen LogP contribution is 2.47. The van der Waals surface area contributed by atoms with E-state index in [0.29, 0.717) is 17.7 Å². The lowest BCUT2D eigenvalue weighted by molar-refractivity contribution is -0.152. The van der Waals surface area contributed by atoms with Gasteiger partial charge in [-0.25, -0.2) is 19.7 Å². The number of hydrogen-bond acceptors (Lipinski definition) is 9. The normalized spacial score (nSPS) is 27.0. The van der Waals surface area contributed by atoms with Crippen molar-refractivity contribution in [3.8, 4) is 0 Å². The maximum atomic E-state index is 12.1. The van der Waals surface area contributed by atoms with Crippen molar-refractivity contribution in [1.82, 2.24) is 24.8 Å². The number of hydrogen-bond donors (Lipinski definition) is 3. The molecule has 3 aromatic rings. The van der Waals surface area contributed by atoms with Crippen molar-refractivity contribution in [1.29, 1.82) is 0 Å². The molecule has 2 aliphatic heterocycles. The maximum Gasteiger partial charge on any atom is 0.327 e. The Labute approximate surface area is 206 Å². The minimum Gasteiger partial charge on any atom is -0.347 e. The SMILES string of the molecule is CCNC(=O)Nc1ncnc2c1ncn2[C@@H]1O[C@H](COP(=O)(O)CC)C2O[C@@H](c3ccccc3)OC21. The lowest BCUT2D eigenvalue weighted by atomic mass is 10.1. The summed E-state index contributed by atoms with van der Waals surface area (Å²) < 4.78 is 37.8. The molecule has 0 spiro atoms. The fourth-order valence-electron chi connectivity index (χ4n) is 4.18. The van der Waals surface area contributed by atoms with Crippen molar-refractivity contribution in [2.45, 2.75) is 44.7 Å². The van der Waals surface area contributed by atoms with Gasteiger partial charge < -0.3 is 28.9 Å². The monoisotopic (exact) mass is 518 g/mol. The number of carbonyl (C=O) groups excluding carboxylic acids is 1. The summed E-state index contributed by atoms with van der Waals surface area (Å²) >= 11 is 0. The molecule has 3 N–H and O–H groups in total. The minimum atomic E-state index is -3.74. The van der Waals surface area contributed by atoms with Gasteiger partial charge in [-0.05, 0) is 6.92 Å². The van der Waals surface area contributed by atoms with Crippen LogP contribution in [0.5, 0.6) is 0 Å². The van der Waals surface area contributed by atoms with Crippen LogP contribution in [0.2, 0.25) is 0 Å². The largest absolute Gasteiger partial charge is 0.347 e. The topological polar surface area (TPSA) is 159 Å². The van der Waals surface area contributed by atoms with Gasteiger partial charge in [0.1, 0.15) is 24.6 Å². The number of urea groups is 1. The second kappa shape index (κ2) is 10.2. The van der Waals surface area contributed by atoms with Gasteiger partial charge >= 0.3 is 13.6 Å². The van der Waals surface area contributed by atoms with E-state index in [1.807, 2.05) is 30.3 Å². The average molecular weight is 518 g/mol. The molecular formula is C22H27N6O7P. The van der Waals surface area contributed by atoms with E-state index in [1.54, 1.807) is 18.4 Å². The maximum absolute atomic E-state index is 12.1. The molecule has 2 aromatic heterocycles. The van der Waals surface area contributed by atoms with Gasteiger partial charge in [0.05, 0.1) is 12.9 Å². The highest BCUT2D eigenvalue weighted by atomic mass is 31.2. The Morgan fingerprint density at radius 2 is 1.92 bits per heavy atom. The number of aromatic nitrogens is 4. The van der Waals surface area contributed by atoms with Gasteiger partial charge in [0.2, 0.25) is 0 Å². The van der Waals surface area contributed by atoms with E-state index in [9.17, 15) is 14.3 Å². The molecule has 2 saturated heterocycles. The number of amides is 2. The molecule has 1 aromatic carbocycles. The van der Waals surface area contributed by atoms with Crippen LogP contribution in [-0.2, 0) is 23.3 Å². The van der Waals surface area contributed by atoms with Crippen molar-refractivity contribution in [2.24, 2.45) is 0 Å². The van der Waals surface area contributed by atoms with Crippen LogP contribution in [0, 0.1) is 0 Å². The summed E-state index contributed by atoms with van der Waals surface area (Å²) in [6.45, 7) is 3.68. The van der Waals surface area contributed by atoms with E-state index in [1.165, 1.54) is 12.7 Å². The molecule has 5 rings (SSSR count). The van der Waals surface area contributed by atoms with Crippen LogP contribution in [0.3, 0.4) is 0 Å². The van der Waals surface area contributed by atoms with Crippen molar-refractivity contribution in [3.05, 3.63) is 48.5 Å². The van der Waals surface area contributed by atoms with E-state index < -0.39 is 44.5 Å². The standard InChI is InChI=1S/C22H27N6O7P/c1-3-23-22(29)27-18-15-19(25-11-24-18)28(12-26-15)20-17-16(14(33-20)10-32-36(30,31)4-2)34-21(35-17)13-8-6-5-7-9-13/h5-9,11-12,14,16-17,20-21H,3-4,10H2,1-2H3,(H,30,31)(H2,23,24,25,27,29)/t14-,16?,17?,20-,21-/m1/s1. The van der Waals surface area contributed by atoms with Crippen molar-refractivity contribution in [2.75, 3.05) is 24.6 Å². The molecule has 36 heavy (non-hydrogen) atoms. The molecule has 6 atom stereocenters. The first kappa shape index (κ1) is 24.8. The number of rotatable bonds is 8. The van der Waals surface area contributed by atoms with Gasteiger partial charge in [0.25, 0.3) is 0 Å². The highest BCUT2D eigenvalue weighted by molar-refractivity contribution is 7.52. The third-order valence-corrected chi connectivity index (χ3v) is 7.31. The fourth-order valence-corrected chi connectivity index (χ4v) is 4.75. The molecule has 192 valence electrons. The smallest absolute Gasteiger partial charge is 0.327 e. The molecule has 2 aliphatic rings. The molecule has 13 nitrogen and oxygen atoms in total. The van der Waals surface area contributed by atoms with Gasteiger partial charge in [0, 0.05) is 18.3 Å². The number of nitrogens with zero attached hydrogens (tertiary/aromatic N) is 4. The summed E-state index contributed by atoms with van der Waals surface area (Å²) in [4.78, 5) is 34.8. The quantitative estimate of drug-likeness (QED) is 0.378. The predicted octanol–water partition coefficient (Wildman–Crippen LogP) is 2.57. The van der Waals surface area contributed by atoms with E-state index in [-0.39, 0.29) is 18.6 Å². The Bertz CT molecular complexity index is 1270. The molecule has 14 heteroatoms. The molecule has 0 aliphatic carbocycles. The van der Waals surface area contributed by atoms with Gasteiger partial charge in [-0.1, -0.05) is 37.3 Å². The molecule has 3 unspecified atom stereocenters. The Balaban J connectivity index is 1.45. The molecule has 0 bridgehead atoms. The molecule has 2 fully saturated rings. The average Bonchev–Trinajstić information content (AvgIpc) is 3.58. The number of fused-ring (bicyclic) bond motifs is 2. The summed E-state index contributed by atoms with van der Waals surface area (Å²) in [7, 11) is -3.74. The van der Waals surface area contributed by atoms with E-state index in [2.05, 4.69) is 25.6 Å². The first-order valence-electron chi connectivity index (χ1n) is 11.6. The lowest BCUT2D eigenvalue weighted by Gasteiger charge is -2.22. The number of carbonyl (C=O) groups is 1. The van der Waals surface area contributed by atoms with Crippen LogP contribution in [0.1, 0.15) is 31.9 Å². The number of nitrogens with one attached hydrogen (secondary N) is 2. The van der Waals surface area contributed by atoms with Gasteiger partial charge in [0.15, 0.2) is 29.5 Å². The molecule has 0 radical (unpaired) electrons. The summed E-state index contributed by atoms with van der Waals surface area (Å²) in [5.74, 6) is 0.244. The number of ether oxygens (including phenoxy) is 3. The van der Waals surface area contributed by atoms with Crippen molar-refractivity contribution < 1.29 is 33.0 Å².